The monoisotopic (exact) mass is 263 g/mol. The number of hydrogen-bond acceptors (Lipinski definition) is 3. The highest BCUT2D eigenvalue weighted by Gasteiger charge is 2.33. The van der Waals surface area contributed by atoms with Gasteiger partial charge >= 0.3 is 0 Å². The molecule has 2 rings (SSSR count). The molecule has 0 aliphatic carbocycles. The maximum absolute atomic E-state index is 11.9. The lowest BCUT2D eigenvalue weighted by Gasteiger charge is -2.19. The molecule has 104 valence electrons. The average molecular weight is 263 g/mol. The maximum atomic E-state index is 11.9. The van der Waals surface area contributed by atoms with Crippen molar-refractivity contribution in [1.82, 2.24) is 4.90 Å². The fourth-order valence-electron chi connectivity index (χ4n) is 2.25. The van der Waals surface area contributed by atoms with Gasteiger partial charge in [0.1, 0.15) is 5.75 Å². The first kappa shape index (κ1) is 13.9. The first-order chi connectivity index (χ1) is 9.07. The Morgan fingerprint density at radius 1 is 1.42 bits per heavy atom. The zero-order chi connectivity index (χ0) is 13.7. The zero-order valence-electron chi connectivity index (χ0n) is 11.3. The number of carbonyl (C=O) groups is 1. The summed E-state index contributed by atoms with van der Waals surface area (Å²) < 4.78 is 5.54. The number of nitrogens with zero attached hydrogens (tertiary/aromatic N) is 1. The third kappa shape index (κ3) is 4.24. The predicted octanol–water partition coefficient (Wildman–Crippen LogP) is 1.83. The molecule has 0 radical (unpaired) electrons. The molecule has 1 N–H and O–H groups in total. The topological polar surface area (TPSA) is 49.8 Å². The Morgan fingerprint density at radius 2 is 2.16 bits per heavy atom. The van der Waals surface area contributed by atoms with Gasteiger partial charge in [-0.3, -0.25) is 4.79 Å². The van der Waals surface area contributed by atoms with E-state index in [1.165, 1.54) is 0 Å². The van der Waals surface area contributed by atoms with Crippen LogP contribution in [0.4, 0.5) is 0 Å². The van der Waals surface area contributed by atoms with Crippen molar-refractivity contribution in [3.05, 3.63) is 30.3 Å². The van der Waals surface area contributed by atoms with Gasteiger partial charge in [-0.25, -0.2) is 0 Å². The van der Waals surface area contributed by atoms with Crippen molar-refractivity contribution in [3.8, 4) is 5.75 Å². The van der Waals surface area contributed by atoms with Crippen LogP contribution >= 0.6 is 0 Å². The van der Waals surface area contributed by atoms with Crippen LogP contribution in [0.25, 0.3) is 0 Å². The van der Waals surface area contributed by atoms with Crippen LogP contribution in [-0.2, 0) is 4.79 Å². The molecule has 1 amide bonds. The van der Waals surface area contributed by atoms with Crippen LogP contribution in [0.15, 0.2) is 30.3 Å². The molecule has 0 bridgehead atoms. The molecule has 1 heterocycles. The molecule has 1 aliphatic heterocycles. The van der Waals surface area contributed by atoms with Gasteiger partial charge in [-0.2, -0.15) is 0 Å². The van der Waals surface area contributed by atoms with Gasteiger partial charge in [0.25, 0.3) is 0 Å². The maximum Gasteiger partial charge on any atom is 0.222 e. The molecular weight excluding hydrogens is 242 g/mol. The standard InChI is InChI=1S/C15H21NO3/c1-15(18)9-10-16(12-15)14(17)8-5-11-19-13-6-3-2-4-7-13/h2-4,6-7,18H,5,8-12H2,1H3. The van der Waals surface area contributed by atoms with Crippen molar-refractivity contribution in [1.29, 1.82) is 0 Å². The molecule has 0 saturated carbocycles. The van der Waals surface area contributed by atoms with Gasteiger partial charge in [0, 0.05) is 19.5 Å². The van der Waals surface area contributed by atoms with E-state index in [0.29, 0.717) is 39.0 Å². The van der Waals surface area contributed by atoms with E-state index >= 15 is 0 Å². The summed E-state index contributed by atoms with van der Waals surface area (Å²) in [6.45, 7) is 3.43. The predicted molar refractivity (Wildman–Crippen MR) is 73.0 cm³/mol. The van der Waals surface area contributed by atoms with E-state index < -0.39 is 5.60 Å². The number of β-amino-alcohol motifs (C(OH)–C–C–N with tert-alkyl or cyclic N) is 1. The molecule has 1 fully saturated rings. The van der Waals surface area contributed by atoms with Crippen LogP contribution < -0.4 is 4.74 Å². The summed E-state index contributed by atoms with van der Waals surface area (Å²) in [4.78, 5) is 13.6. The number of benzene rings is 1. The third-order valence-electron chi connectivity index (χ3n) is 3.35. The summed E-state index contributed by atoms with van der Waals surface area (Å²) in [6, 6.07) is 9.59. The number of amides is 1. The molecule has 1 aromatic rings. The van der Waals surface area contributed by atoms with Gasteiger partial charge in [-0.05, 0) is 31.9 Å². The minimum atomic E-state index is -0.712. The molecule has 4 heteroatoms. The van der Waals surface area contributed by atoms with Crippen molar-refractivity contribution in [2.24, 2.45) is 0 Å². The van der Waals surface area contributed by atoms with E-state index in [1.807, 2.05) is 30.3 Å². The third-order valence-corrected chi connectivity index (χ3v) is 3.35. The van der Waals surface area contributed by atoms with E-state index in [0.717, 1.165) is 5.75 Å². The fraction of sp³-hybridized carbons (Fsp3) is 0.533. The van der Waals surface area contributed by atoms with Gasteiger partial charge < -0.3 is 14.7 Å². The molecular formula is C15H21NO3. The second kappa shape index (κ2) is 6.06. The lowest BCUT2D eigenvalue weighted by Crippen LogP contribution is -2.33. The fourth-order valence-corrected chi connectivity index (χ4v) is 2.25. The smallest absolute Gasteiger partial charge is 0.222 e. The minimum absolute atomic E-state index is 0.106. The van der Waals surface area contributed by atoms with E-state index in [-0.39, 0.29) is 5.91 Å². The highest BCUT2D eigenvalue weighted by Crippen LogP contribution is 2.21. The van der Waals surface area contributed by atoms with Crippen molar-refractivity contribution >= 4 is 5.91 Å². The van der Waals surface area contributed by atoms with Crippen LogP contribution in [0, 0.1) is 0 Å². The number of carbonyl (C=O) groups excluding carboxylic acids is 1. The van der Waals surface area contributed by atoms with E-state index in [4.69, 9.17) is 4.74 Å². The molecule has 1 aromatic carbocycles. The molecule has 1 atom stereocenters. The SMILES string of the molecule is CC1(O)CCN(C(=O)CCCOc2ccccc2)C1. The Morgan fingerprint density at radius 3 is 2.79 bits per heavy atom. The first-order valence-electron chi connectivity index (χ1n) is 6.75. The van der Waals surface area contributed by atoms with Crippen LogP contribution in [0.5, 0.6) is 5.75 Å². The zero-order valence-corrected chi connectivity index (χ0v) is 11.3. The largest absolute Gasteiger partial charge is 0.494 e. The molecule has 4 nitrogen and oxygen atoms in total. The van der Waals surface area contributed by atoms with Crippen molar-refractivity contribution in [3.63, 3.8) is 0 Å². The molecule has 0 aromatic heterocycles. The summed E-state index contributed by atoms with van der Waals surface area (Å²) in [5.74, 6) is 0.938. The quantitative estimate of drug-likeness (QED) is 0.825. The van der Waals surface area contributed by atoms with Crippen LogP contribution in [-0.4, -0.2) is 41.2 Å². The number of ether oxygens (including phenoxy) is 1. The lowest BCUT2D eigenvalue weighted by atomic mass is 10.1. The van der Waals surface area contributed by atoms with Gasteiger partial charge in [-0.15, -0.1) is 0 Å². The van der Waals surface area contributed by atoms with Crippen LogP contribution in [0.2, 0.25) is 0 Å². The summed E-state index contributed by atoms with van der Waals surface area (Å²) in [7, 11) is 0. The highest BCUT2D eigenvalue weighted by atomic mass is 16.5. The second-order valence-electron chi connectivity index (χ2n) is 5.33. The normalized spacial score (nSPS) is 22.5. The van der Waals surface area contributed by atoms with Gasteiger partial charge in [0.05, 0.1) is 12.2 Å². The van der Waals surface area contributed by atoms with E-state index in [9.17, 15) is 9.90 Å². The summed E-state index contributed by atoms with van der Waals surface area (Å²) in [5.41, 5.74) is -0.712. The second-order valence-corrected chi connectivity index (χ2v) is 5.33. The van der Waals surface area contributed by atoms with Crippen molar-refractivity contribution < 1.29 is 14.6 Å². The number of para-hydroxylation sites is 1. The summed E-state index contributed by atoms with van der Waals surface area (Å²) in [5, 5.41) is 9.82. The van der Waals surface area contributed by atoms with Gasteiger partial charge in [0.15, 0.2) is 0 Å². The highest BCUT2D eigenvalue weighted by molar-refractivity contribution is 5.76. The number of aliphatic hydroxyl groups is 1. The Balaban J connectivity index is 1.65. The lowest BCUT2D eigenvalue weighted by molar-refractivity contribution is -0.131. The first-order valence-corrected chi connectivity index (χ1v) is 6.75. The van der Waals surface area contributed by atoms with Crippen LogP contribution in [0.3, 0.4) is 0 Å². The van der Waals surface area contributed by atoms with Crippen molar-refractivity contribution in [2.45, 2.75) is 31.8 Å². The number of rotatable bonds is 5. The van der Waals surface area contributed by atoms with Crippen LogP contribution in [0.1, 0.15) is 26.2 Å². The molecule has 1 aliphatic rings. The number of hydrogen-bond donors (Lipinski definition) is 1. The summed E-state index contributed by atoms with van der Waals surface area (Å²) >= 11 is 0. The molecule has 1 unspecified atom stereocenters. The van der Waals surface area contributed by atoms with Crippen molar-refractivity contribution in [2.75, 3.05) is 19.7 Å². The molecule has 0 spiro atoms. The average Bonchev–Trinajstić information content (AvgIpc) is 2.76. The van der Waals surface area contributed by atoms with E-state index in [1.54, 1.807) is 11.8 Å². The number of likely N-dealkylation sites (tertiary alicyclic amines) is 1. The Labute approximate surface area is 114 Å². The summed E-state index contributed by atoms with van der Waals surface area (Å²) in [6.07, 6.45) is 1.84. The van der Waals surface area contributed by atoms with Gasteiger partial charge in [0.2, 0.25) is 5.91 Å². The Hall–Kier alpha value is -1.55. The minimum Gasteiger partial charge on any atom is -0.494 e. The van der Waals surface area contributed by atoms with Gasteiger partial charge in [-0.1, -0.05) is 18.2 Å². The Kier molecular flexibility index (Phi) is 4.43. The Bertz CT molecular complexity index is 417. The molecule has 19 heavy (non-hydrogen) atoms. The van der Waals surface area contributed by atoms with E-state index in [2.05, 4.69) is 0 Å². The molecule has 1 saturated heterocycles.